The number of aliphatic hydroxyl groups excluding tert-OH is 1. The monoisotopic (exact) mass is 767 g/mol. The molecule has 0 radical (unpaired) electrons. The van der Waals surface area contributed by atoms with E-state index in [0.717, 1.165) is 57.8 Å². The van der Waals surface area contributed by atoms with Gasteiger partial charge in [-0.25, -0.2) is 0 Å². The first-order chi connectivity index (χ1) is 25.5. The van der Waals surface area contributed by atoms with Gasteiger partial charge in [0.05, 0.1) is 39.9 Å². The molecule has 0 aromatic heterocycles. The maximum Gasteiger partial charge on any atom is 0.268 e. The predicted octanol–water partition coefficient (Wildman–Crippen LogP) is 11.1. The number of nitrogens with one attached hydrogen (secondary N) is 1. The van der Waals surface area contributed by atoms with Crippen molar-refractivity contribution in [1.82, 2.24) is 5.32 Å². The van der Waals surface area contributed by atoms with E-state index in [0.29, 0.717) is 17.4 Å². The molecule has 0 saturated heterocycles. The van der Waals surface area contributed by atoms with Crippen molar-refractivity contribution in [3.8, 4) is 0 Å². The van der Waals surface area contributed by atoms with Crippen LogP contribution in [0.3, 0.4) is 0 Å². The summed E-state index contributed by atoms with van der Waals surface area (Å²) in [6, 6.07) is -0.908. The minimum Gasteiger partial charge on any atom is -0.756 e. The lowest BCUT2D eigenvalue weighted by Crippen LogP contribution is -2.45. The smallest absolute Gasteiger partial charge is 0.268 e. The highest BCUT2D eigenvalue weighted by atomic mass is 31.2. The van der Waals surface area contributed by atoms with E-state index in [9.17, 15) is 19.4 Å². The summed E-state index contributed by atoms with van der Waals surface area (Å²) >= 11 is 0. The van der Waals surface area contributed by atoms with Gasteiger partial charge in [0.1, 0.15) is 13.2 Å². The summed E-state index contributed by atoms with van der Waals surface area (Å²) in [4.78, 5) is 25.2. The molecule has 0 aromatic rings. The lowest BCUT2D eigenvalue weighted by Gasteiger charge is -2.29. The maximum absolute atomic E-state index is 12.8. The summed E-state index contributed by atoms with van der Waals surface area (Å²) in [5.74, 6) is -0.222. The Hall–Kier alpha value is -1.54. The second-order valence-electron chi connectivity index (χ2n) is 15.7. The molecule has 0 saturated carbocycles. The van der Waals surface area contributed by atoms with E-state index < -0.39 is 26.6 Å². The van der Waals surface area contributed by atoms with Crippen LogP contribution < -0.4 is 10.2 Å². The summed E-state index contributed by atoms with van der Waals surface area (Å²) in [7, 11) is 1.23. The van der Waals surface area contributed by atoms with Crippen LogP contribution in [-0.4, -0.2) is 68.5 Å². The molecule has 9 heteroatoms. The van der Waals surface area contributed by atoms with Crippen LogP contribution >= 0.6 is 7.82 Å². The third kappa shape index (κ3) is 38.5. The van der Waals surface area contributed by atoms with Crippen LogP contribution in [0.15, 0.2) is 48.6 Å². The van der Waals surface area contributed by atoms with Gasteiger partial charge in [0.25, 0.3) is 7.82 Å². The molecule has 0 aliphatic rings. The highest BCUT2D eigenvalue weighted by molar-refractivity contribution is 7.45. The third-order valence-corrected chi connectivity index (χ3v) is 10.3. The molecule has 8 nitrogen and oxygen atoms in total. The van der Waals surface area contributed by atoms with E-state index >= 15 is 0 Å². The fourth-order valence-electron chi connectivity index (χ4n) is 5.80. The van der Waals surface area contributed by atoms with E-state index in [-0.39, 0.29) is 12.5 Å². The van der Waals surface area contributed by atoms with Gasteiger partial charge >= 0.3 is 0 Å². The standard InChI is InChI=1S/C44H83N2O6P/c1-6-8-10-12-14-16-18-20-22-24-25-27-29-31-33-35-37-43(47)42(41-52-53(49,50)51-40-39-46(3,4)5)45-44(48)38-36-34-32-30-28-26-23-21-19-17-15-13-11-9-7-2/h15,17,19,21,27,29,35,37,42-43,47H,6-14,16,18,20,22-26,28,30-34,36,38-41H2,1-5H3,(H-,45,48,49,50)/b17-15-,21-19-,29-27+,37-35+. The van der Waals surface area contributed by atoms with Crippen molar-refractivity contribution in [3.63, 3.8) is 0 Å². The second-order valence-corrected chi connectivity index (χ2v) is 17.1. The Morgan fingerprint density at radius 3 is 1.68 bits per heavy atom. The molecule has 310 valence electrons. The molecule has 53 heavy (non-hydrogen) atoms. The molecular formula is C44H83N2O6P. The van der Waals surface area contributed by atoms with Crippen LogP contribution in [0.2, 0.25) is 0 Å². The number of phosphoric ester groups is 1. The highest BCUT2D eigenvalue weighted by Gasteiger charge is 2.23. The Kier molecular flexibility index (Phi) is 35.1. The number of quaternary nitrogens is 1. The average Bonchev–Trinajstić information content (AvgIpc) is 3.10. The molecule has 0 spiro atoms. The van der Waals surface area contributed by atoms with Gasteiger partial charge in [-0.1, -0.05) is 159 Å². The zero-order chi connectivity index (χ0) is 39.3. The van der Waals surface area contributed by atoms with Crippen molar-refractivity contribution in [2.45, 2.75) is 187 Å². The predicted molar refractivity (Wildman–Crippen MR) is 224 cm³/mol. The molecule has 0 aromatic carbocycles. The summed E-state index contributed by atoms with van der Waals surface area (Å²) in [6.07, 6.45) is 44.4. The van der Waals surface area contributed by atoms with Crippen molar-refractivity contribution >= 4 is 13.7 Å². The number of nitrogens with zero attached hydrogens (tertiary/aromatic N) is 1. The molecule has 0 aliphatic carbocycles. The molecule has 2 N–H and O–H groups in total. The van der Waals surface area contributed by atoms with Gasteiger partial charge in [-0.15, -0.1) is 0 Å². The number of carbonyl (C=O) groups excluding carboxylic acids is 1. The number of likely N-dealkylation sites (N-methyl/N-ethyl adjacent to an activating group) is 1. The zero-order valence-electron chi connectivity index (χ0n) is 35.0. The van der Waals surface area contributed by atoms with Gasteiger partial charge in [0.2, 0.25) is 5.91 Å². The van der Waals surface area contributed by atoms with Gasteiger partial charge in [-0.2, -0.15) is 0 Å². The molecular weight excluding hydrogens is 683 g/mol. The SMILES string of the molecule is CCCCC/C=C\C=C/CCCCCCCCC(=O)NC(COP(=O)([O-])OCC[N+](C)(C)C)C(O)/C=C/CC/C=C/CCCCCCCCCCCC. The van der Waals surface area contributed by atoms with Crippen molar-refractivity contribution in [3.05, 3.63) is 48.6 Å². The van der Waals surface area contributed by atoms with Crippen molar-refractivity contribution in [2.24, 2.45) is 0 Å². The normalized spacial score (nSPS) is 14.9. The van der Waals surface area contributed by atoms with E-state index in [1.807, 2.05) is 27.2 Å². The first-order valence-corrected chi connectivity index (χ1v) is 23.0. The summed E-state index contributed by atoms with van der Waals surface area (Å²) in [5, 5.41) is 13.7. The largest absolute Gasteiger partial charge is 0.756 e. The topological polar surface area (TPSA) is 108 Å². The molecule has 0 aliphatic heterocycles. The zero-order valence-corrected chi connectivity index (χ0v) is 35.8. The fraction of sp³-hybridized carbons (Fsp3) is 0.795. The van der Waals surface area contributed by atoms with Crippen LogP contribution in [0.4, 0.5) is 0 Å². The molecule has 0 rings (SSSR count). The number of rotatable bonds is 38. The van der Waals surface area contributed by atoms with Crippen molar-refractivity contribution < 1.29 is 32.9 Å². The summed E-state index contributed by atoms with van der Waals surface area (Å²) < 4.78 is 23.1. The summed E-state index contributed by atoms with van der Waals surface area (Å²) in [6.45, 7) is 4.57. The van der Waals surface area contributed by atoms with Gasteiger partial charge in [0.15, 0.2) is 0 Å². The Morgan fingerprint density at radius 1 is 0.660 bits per heavy atom. The lowest BCUT2D eigenvalue weighted by molar-refractivity contribution is -0.870. The first kappa shape index (κ1) is 51.5. The highest BCUT2D eigenvalue weighted by Crippen LogP contribution is 2.38. The number of hydrogen-bond donors (Lipinski definition) is 2. The Morgan fingerprint density at radius 2 is 1.11 bits per heavy atom. The number of phosphoric acid groups is 1. The minimum absolute atomic E-state index is 0.0102. The number of hydrogen-bond acceptors (Lipinski definition) is 6. The molecule has 3 atom stereocenters. The summed E-state index contributed by atoms with van der Waals surface area (Å²) in [5.41, 5.74) is 0. The average molecular weight is 767 g/mol. The molecule has 1 amide bonds. The van der Waals surface area contributed by atoms with Gasteiger partial charge in [-0.3, -0.25) is 9.36 Å². The number of unbranched alkanes of at least 4 members (excludes halogenated alkanes) is 20. The van der Waals surface area contributed by atoms with E-state index in [1.54, 1.807) is 6.08 Å². The van der Waals surface area contributed by atoms with Gasteiger partial charge < -0.3 is 28.8 Å². The first-order valence-electron chi connectivity index (χ1n) is 21.5. The Labute approximate surface area is 327 Å². The quantitative estimate of drug-likeness (QED) is 0.0213. The Balaban J connectivity index is 4.54. The fourth-order valence-corrected chi connectivity index (χ4v) is 6.53. The Bertz CT molecular complexity index is 1010. The lowest BCUT2D eigenvalue weighted by atomic mass is 10.1. The van der Waals surface area contributed by atoms with Crippen LogP contribution in [0.1, 0.15) is 174 Å². The van der Waals surface area contributed by atoms with Gasteiger partial charge in [0, 0.05) is 6.42 Å². The maximum atomic E-state index is 12.8. The van der Waals surface area contributed by atoms with Crippen LogP contribution in [0.25, 0.3) is 0 Å². The molecule has 3 unspecified atom stereocenters. The van der Waals surface area contributed by atoms with E-state index in [2.05, 4.69) is 55.6 Å². The van der Waals surface area contributed by atoms with Crippen molar-refractivity contribution in [2.75, 3.05) is 40.9 Å². The van der Waals surface area contributed by atoms with E-state index in [4.69, 9.17) is 9.05 Å². The van der Waals surface area contributed by atoms with Gasteiger partial charge in [-0.05, 0) is 57.8 Å². The minimum atomic E-state index is -4.60. The third-order valence-electron chi connectivity index (χ3n) is 9.29. The van der Waals surface area contributed by atoms with Crippen LogP contribution in [0, 0.1) is 0 Å². The number of carbonyl (C=O) groups is 1. The number of allylic oxidation sites excluding steroid dienone is 7. The van der Waals surface area contributed by atoms with Crippen LogP contribution in [0.5, 0.6) is 0 Å². The second kappa shape index (κ2) is 36.1. The molecule has 0 bridgehead atoms. The molecule has 0 fully saturated rings. The van der Waals surface area contributed by atoms with Crippen LogP contribution in [-0.2, 0) is 18.4 Å². The number of amides is 1. The number of aliphatic hydroxyl groups is 1. The van der Waals surface area contributed by atoms with Crippen molar-refractivity contribution in [1.29, 1.82) is 0 Å². The molecule has 0 heterocycles. The van der Waals surface area contributed by atoms with E-state index in [1.165, 1.54) is 96.3 Å².